The van der Waals surface area contributed by atoms with Gasteiger partial charge in [0.2, 0.25) is 0 Å². The lowest BCUT2D eigenvalue weighted by molar-refractivity contribution is 0.308. The van der Waals surface area contributed by atoms with E-state index in [2.05, 4.69) is 43.6 Å². The molecule has 1 heterocycles. The highest BCUT2D eigenvalue weighted by molar-refractivity contribution is 7.10. The van der Waals surface area contributed by atoms with Crippen LogP contribution in [0.4, 0.5) is 0 Å². The zero-order valence-electron chi connectivity index (χ0n) is 11.3. The molecule has 1 aromatic rings. The second-order valence-corrected chi connectivity index (χ2v) is 7.18. The molecule has 0 aliphatic heterocycles. The lowest BCUT2D eigenvalue weighted by Crippen LogP contribution is -2.30. The first-order valence-corrected chi connectivity index (χ1v) is 7.74. The van der Waals surface area contributed by atoms with Gasteiger partial charge in [-0.1, -0.05) is 26.3 Å². The molecule has 1 nitrogen and oxygen atoms in total. The van der Waals surface area contributed by atoms with Crippen LogP contribution in [0.15, 0.2) is 17.5 Å². The van der Waals surface area contributed by atoms with Crippen LogP contribution in [0.5, 0.6) is 0 Å². The van der Waals surface area contributed by atoms with Gasteiger partial charge in [0.25, 0.3) is 0 Å². The quantitative estimate of drug-likeness (QED) is 0.764. The Balaban J connectivity index is 1.87. The van der Waals surface area contributed by atoms with E-state index in [4.69, 9.17) is 0 Å². The molecule has 1 saturated carbocycles. The second kappa shape index (κ2) is 5.53. The third kappa shape index (κ3) is 3.82. The van der Waals surface area contributed by atoms with Gasteiger partial charge in [0.1, 0.15) is 0 Å². The van der Waals surface area contributed by atoms with Crippen molar-refractivity contribution in [3.8, 4) is 0 Å². The normalized spacial score (nSPS) is 26.4. The van der Waals surface area contributed by atoms with Gasteiger partial charge in [0.05, 0.1) is 0 Å². The van der Waals surface area contributed by atoms with Crippen LogP contribution in [0, 0.1) is 5.41 Å². The molecule has 1 aromatic heterocycles. The Kier molecular flexibility index (Phi) is 4.26. The van der Waals surface area contributed by atoms with Crippen molar-refractivity contribution in [1.82, 2.24) is 5.32 Å². The monoisotopic (exact) mass is 251 g/mol. The highest BCUT2D eigenvalue weighted by Gasteiger charge is 2.25. The van der Waals surface area contributed by atoms with Crippen molar-refractivity contribution in [2.24, 2.45) is 5.41 Å². The van der Waals surface area contributed by atoms with E-state index < -0.39 is 0 Å². The summed E-state index contributed by atoms with van der Waals surface area (Å²) in [6.07, 6.45) is 6.81. The number of rotatable bonds is 3. The molecule has 1 unspecified atom stereocenters. The maximum atomic E-state index is 3.81. The summed E-state index contributed by atoms with van der Waals surface area (Å²) in [5, 5.41) is 5.98. The van der Waals surface area contributed by atoms with E-state index in [1.165, 1.54) is 37.0 Å². The minimum atomic E-state index is 0.515. The van der Waals surface area contributed by atoms with Gasteiger partial charge in [0.15, 0.2) is 0 Å². The molecule has 1 fully saturated rings. The number of hydrogen-bond donors (Lipinski definition) is 1. The summed E-state index contributed by atoms with van der Waals surface area (Å²) in [5.41, 5.74) is 0.558. The fourth-order valence-electron chi connectivity index (χ4n) is 2.80. The molecule has 17 heavy (non-hydrogen) atoms. The van der Waals surface area contributed by atoms with Crippen LogP contribution in [0.2, 0.25) is 0 Å². The molecule has 96 valence electrons. The lowest BCUT2D eigenvalue weighted by atomic mass is 9.85. The highest BCUT2D eigenvalue weighted by atomic mass is 32.1. The summed E-state index contributed by atoms with van der Waals surface area (Å²) in [6, 6.07) is 5.62. The zero-order chi connectivity index (χ0) is 12.3. The molecule has 0 saturated heterocycles. The van der Waals surface area contributed by atoms with Crippen LogP contribution in [0.3, 0.4) is 0 Å². The average molecular weight is 251 g/mol. The molecule has 0 bridgehead atoms. The summed E-state index contributed by atoms with van der Waals surface area (Å²) >= 11 is 1.86. The maximum absolute atomic E-state index is 3.81. The van der Waals surface area contributed by atoms with E-state index in [0.717, 1.165) is 0 Å². The Morgan fingerprint density at radius 2 is 2.18 bits per heavy atom. The van der Waals surface area contributed by atoms with Crippen molar-refractivity contribution in [3.05, 3.63) is 22.4 Å². The molecule has 2 rings (SSSR count). The number of thiophene rings is 1. The molecule has 0 aromatic carbocycles. The van der Waals surface area contributed by atoms with E-state index in [0.29, 0.717) is 17.5 Å². The van der Waals surface area contributed by atoms with Gasteiger partial charge < -0.3 is 5.32 Å². The Bertz CT molecular complexity index is 329. The van der Waals surface area contributed by atoms with Crippen molar-refractivity contribution >= 4 is 11.3 Å². The van der Waals surface area contributed by atoms with E-state index in [-0.39, 0.29) is 0 Å². The summed E-state index contributed by atoms with van der Waals surface area (Å²) in [7, 11) is 0. The molecule has 1 N–H and O–H groups in total. The average Bonchev–Trinajstić information content (AvgIpc) is 2.73. The van der Waals surface area contributed by atoms with Crippen LogP contribution in [-0.4, -0.2) is 6.04 Å². The number of nitrogens with one attached hydrogen (secondary N) is 1. The minimum Gasteiger partial charge on any atom is -0.307 e. The first-order chi connectivity index (χ1) is 8.07. The minimum absolute atomic E-state index is 0.515. The summed E-state index contributed by atoms with van der Waals surface area (Å²) in [4.78, 5) is 1.47. The molecule has 1 aliphatic rings. The van der Waals surface area contributed by atoms with Gasteiger partial charge in [-0.2, -0.15) is 0 Å². The summed E-state index contributed by atoms with van der Waals surface area (Å²) < 4.78 is 0. The maximum Gasteiger partial charge on any atom is 0.0388 e. The van der Waals surface area contributed by atoms with E-state index in [1.807, 2.05) is 11.3 Å². The first kappa shape index (κ1) is 13.1. The van der Waals surface area contributed by atoms with Crippen LogP contribution in [-0.2, 0) is 0 Å². The first-order valence-electron chi connectivity index (χ1n) is 6.86. The smallest absolute Gasteiger partial charge is 0.0388 e. The standard InChI is InChI=1S/C15H25NS/c1-12(14-7-5-11-17-14)16-13-6-4-9-15(2,3)10-8-13/h5,7,11-13,16H,4,6,8-10H2,1-3H3/t12-,13?/m0/s1. The molecule has 2 atom stereocenters. The van der Waals surface area contributed by atoms with Gasteiger partial charge in [-0.15, -0.1) is 11.3 Å². The SMILES string of the molecule is C[C@H](NC1CCCC(C)(C)CC1)c1cccs1. The third-order valence-corrected chi connectivity index (χ3v) is 5.09. The predicted molar refractivity (Wildman–Crippen MR) is 76.5 cm³/mol. The predicted octanol–water partition coefficient (Wildman–Crippen LogP) is 4.76. The molecular weight excluding hydrogens is 226 g/mol. The van der Waals surface area contributed by atoms with Crippen LogP contribution < -0.4 is 5.32 Å². The molecule has 2 heteroatoms. The van der Waals surface area contributed by atoms with Gasteiger partial charge in [-0.3, -0.25) is 0 Å². The Labute approximate surface area is 110 Å². The molecule has 0 amide bonds. The second-order valence-electron chi connectivity index (χ2n) is 6.20. The third-order valence-electron chi connectivity index (χ3n) is 4.03. The van der Waals surface area contributed by atoms with Gasteiger partial charge in [0, 0.05) is 17.0 Å². The van der Waals surface area contributed by atoms with Crippen LogP contribution in [0.1, 0.15) is 63.8 Å². The van der Waals surface area contributed by atoms with Crippen molar-refractivity contribution in [3.63, 3.8) is 0 Å². The number of hydrogen-bond acceptors (Lipinski definition) is 2. The summed E-state index contributed by atoms with van der Waals surface area (Å²) in [6.45, 7) is 7.12. The molecular formula is C15H25NS. The Morgan fingerprint density at radius 1 is 1.35 bits per heavy atom. The van der Waals surface area contributed by atoms with Gasteiger partial charge in [-0.25, -0.2) is 0 Å². The molecule has 0 radical (unpaired) electrons. The largest absolute Gasteiger partial charge is 0.307 e. The highest BCUT2D eigenvalue weighted by Crippen LogP contribution is 2.34. The lowest BCUT2D eigenvalue weighted by Gasteiger charge is -2.23. The van der Waals surface area contributed by atoms with Crippen molar-refractivity contribution < 1.29 is 0 Å². The molecule has 0 spiro atoms. The van der Waals surface area contributed by atoms with E-state index >= 15 is 0 Å². The fraction of sp³-hybridized carbons (Fsp3) is 0.733. The fourth-order valence-corrected chi connectivity index (χ4v) is 3.54. The van der Waals surface area contributed by atoms with E-state index in [1.54, 1.807) is 0 Å². The molecule has 1 aliphatic carbocycles. The van der Waals surface area contributed by atoms with Gasteiger partial charge in [-0.05, 0) is 49.5 Å². The van der Waals surface area contributed by atoms with Crippen molar-refractivity contribution in [1.29, 1.82) is 0 Å². The van der Waals surface area contributed by atoms with Gasteiger partial charge >= 0.3 is 0 Å². The van der Waals surface area contributed by atoms with Crippen LogP contribution in [0.25, 0.3) is 0 Å². The topological polar surface area (TPSA) is 12.0 Å². The van der Waals surface area contributed by atoms with Crippen molar-refractivity contribution in [2.75, 3.05) is 0 Å². The Morgan fingerprint density at radius 3 is 2.88 bits per heavy atom. The van der Waals surface area contributed by atoms with Crippen LogP contribution >= 0.6 is 11.3 Å². The van der Waals surface area contributed by atoms with Crippen molar-refractivity contribution in [2.45, 2.75) is 65.0 Å². The zero-order valence-corrected chi connectivity index (χ0v) is 12.1. The Hall–Kier alpha value is -0.340. The van der Waals surface area contributed by atoms with E-state index in [9.17, 15) is 0 Å². The summed E-state index contributed by atoms with van der Waals surface area (Å²) in [5.74, 6) is 0.